The zero-order valence-electron chi connectivity index (χ0n) is 19.2. The number of benzene rings is 1. The molecule has 6 rings (SSSR count). The Hall–Kier alpha value is -3.32. The second kappa shape index (κ2) is 8.23. The minimum Gasteiger partial charge on any atom is -0.300 e. The van der Waals surface area contributed by atoms with Gasteiger partial charge in [0.1, 0.15) is 0 Å². The summed E-state index contributed by atoms with van der Waals surface area (Å²) in [4.78, 5) is 11.9. The van der Waals surface area contributed by atoms with E-state index in [0.717, 1.165) is 33.6 Å². The summed E-state index contributed by atoms with van der Waals surface area (Å²) < 4.78 is 3.99. The highest BCUT2D eigenvalue weighted by molar-refractivity contribution is 5.70. The molecule has 7 nitrogen and oxygen atoms in total. The van der Waals surface area contributed by atoms with E-state index in [0.29, 0.717) is 18.1 Å². The van der Waals surface area contributed by atoms with Crippen LogP contribution in [0.3, 0.4) is 0 Å². The highest BCUT2D eigenvalue weighted by Gasteiger charge is 2.36. The van der Waals surface area contributed by atoms with Crippen molar-refractivity contribution in [1.82, 2.24) is 34.4 Å². The van der Waals surface area contributed by atoms with Crippen LogP contribution >= 0.6 is 0 Å². The van der Waals surface area contributed by atoms with E-state index in [-0.39, 0.29) is 0 Å². The van der Waals surface area contributed by atoms with Crippen LogP contribution in [0, 0.1) is 0 Å². The van der Waals surface area contributed by atoms with Crippen LogP contribution in [0.5, 0.6) is 0 Å². The van der Waals surface area contributed by atoms with Crippen LogP contribution < -0.4 is 0 Å². The number of nitrogens with zero attached hydrogens (tertiary/aromatic N) is 7. The highest BCUT2D eigenvalue weighted by Crippen LogP contribution is 2.38. The Morgan fingerprint density at radius 3 is 2.15 bits per heavy atom. The first-order valence-electron chi connectivity index (χ1n) is 11.8. The van der Waals surface area contributed by atoms with Crippen LogP contribution in [0.4, 0.5) is 0 Å². The fourth-order valence-corrected chi connectivity index (χ4v) is 5.52. The van der Waals surface area contributed by atoms with Crippen molar-refractivity contribution in [3.63, 3.8) is 0 Å². The fourth-order valence-electron chi connectivity index (χ4n) is 5.52. The Bertz CT molecular complexity index is 1240. The maximum Gasteiger partial charge on any atom is 0.159 e. The quantitative estimate of drug-likeness (QED) is 0.465. The van der Waals surface area contributed by atoms with Gasteiger partial charge in [0, 0.05) is 66.2 Å². The lowest BCUT2D eigenvalue weighted by atomic mass is 9.82. The Labute approximate surface area is 194 Å². The van der Waals surface area contributed by atoms with Gasteiger partial charge in [-0.1, -0.05) is 24.6 Å². The average Bonchev–Trinajstić information content (AvgIpc) is 3.49. The van der Waals surface area contributed by atoms with Gasteiger partial charge in [-0.15, -0.1) is 0 Å². The molecule has 2 aliphatic rings. The van der Waals surface area contributed by atoms with E-state index < -0.39 is 0 Å². The molecular weight excluding hydrogens is 410 g/mol. The van der Waals surface area contributed by atoms with Gasteiger partial charge < -0.3 is 4.90 Å². The molecule has 7 heteroatoms. The minimum absolute atomic E-state index is 0.487. The molecular formula is C26H29N7. The topological polar surface area (TPSA) is 64.7 Å². The third-order valence-corrected chi connectivity index (χ3v) is 7.43. The Kier molecular flexibility index (Phi) is 5.06. The zero-order valence-corrected chi connectivity index (χ0v) is 19.2. The molecule has 2 saturated heterocycles. The average molecular weight is 440 g/mol. The van der Waals surface area contributed by atoms with Gasteiger partial charge in [-0.25, -0.2) is 9.97 Å². The highest BCUT2D eigenvalue weighted by atomic mass is 15.3. The molecule has 0 amide bonds. The number of rotatable bonds is 4. The van der Waals surface area contributed by atoms with Gasteiger partial charge >= 0.3 is 0 Å². The predicted octanol–water partition coefficient (Wildman–Crippen LogP) is 4.60. The van der Waals surface area contributed by atoms with Crippen LogP contribution in [0.1, 0.15) is 38.1 Å². The second-order valence-corrected chi connectivity index (χ2v) is 9.52. The second-order valence-electron chi connectivity index (χ2n) is 9.52. The summed E-state index contributed by atoms with van der Waals surface area (Å²) in [5, 5.41) is 9.00. The van der Waals surface area contributed by atoms with Crippen molar-refractivity contribution in [2.24, 2.45) is 7.05 Å². The largest absolute Gasteiger partial charge is 0.300 e. The summed E-state index contributed by atoms with van der Waals surface area (Å²) in [5.74, 6) is 0.722. The molecule has 0 radical (unpaired) electrons. The van der Waals surface area contributed by atoms with Gasteiger partial charge in [0.25, 0.3) is 0 Å². The molecule has 2 unspecified atom stereocenters. The number of hydrogen-bond acceptors (Lipinski definition) is 5. The van der Waals surface area contributed by atoms with Crippen LogP contribution in [0.25, 0.3) is 33.6 Å². The van der Waals surface area contributed by atoms with Gasteiger partial charge in [0.15, 0.2) is 5.82 Å². The van der Waals surface area contributed by atoms with E-state index >= 15 is 0 Å². The van der Waals surface area contributed by atoms with Gasteiger partial charge in [-0.2, -0.15) is 10.2 Å². The Morgan fingerprint density at radius 2 is 1.42 bits per heavy atom. The molecule has 168 valence electrons. The van der Waals surface area contributed by atoms with Crippen LogP contribution in [0.15, 0.2) is 61.4 Å². The summed E-state index contributed by atoms with van der Waals surface area (Å²) in [5.41, 5.74) is 5.27. The van der Waals surface area contributed by atoms with Crippen LogP contribution in [0.2, 0.25) is 0 Å². The summed E-state index contributed by atoms with van der Waals surface area (Å²) in [6.07, 6.45) is 18.2. The molecule has 2 atom stereocenters. The molecule has 0 spiro atoms. The van der Waals surface area contributed by atoms with Crippen molar-refractivity contribution >= 4 is 0 Å². The van der Waals surface area contributed by atoms with Crippen LogP contribution in [-0.4, -0.2) is 53.6 Å². The number of aromatic nitrogens is 6. The first-order valence-corrected chi connectivity index (χ1v) is 11.8. The molecule has 0 N–H and O–H groups in total. The number of piperidine rings is 2. The lowest BCUT2D eigenvalue weighted by molar-refractivity contribution is 0.0369. The third kappa shape index (κ3) is 3.86. The fraction of sp³-hybridized carbons (Fsp3) is 0.385. The van der Waals surface area contributed by atoms with Gasteiger partial charge in [-0.3, -0.25) is 9.36 Å². The summed E-state index contributed by atoms with van der Waals surface area (Å²) in [6.45, 7) is 0. The summed E-state index contributed by atoms with van der Waals surface area (Å²) in [6, 6.07) is 10.2. The molecule has 0 aliphatic carbocycles. The van der Waals surface area contributed by atoms with Crippen molar-refractivity contribution < 1.29 is 0 Å². The number of aryl methyl sites for hydroxylation is 1. The maximum atomic E-state index is 4.73. The molecule has 5 heterocycles. The van der Waals surface area contributed by atoms with E-state index in [1.54, 1.807) is 0 Å². The summed E-state index contributed by atoms with van der Waals surface area (Å²) >= 11 is 0. The predicted molar refractivity (Wildman–Crippen MR) is 128 cm³/mol. The molecule has 2 aliphatic heterocycles. The van der Waals surface area contributed by atoms with E-state index in [4.69, 9.17) is 5.10 Å². The molecule has 2 fully saturated rings. The molecule has 1 aromatic carbocycles. The van der Waals surface area contributed by atoms with Crippen molar-refractivity contribution in [3.8, 4) is 33.6 Å². The lowest BCUT2D eigenvalue weighted by Crippen LogP contribution is -2.50. The maximum absolute atomic E-state index is 4.73. The van der Waals surface area contributed by atoms with E-state index in [1.165, 1.54) is 32.1 Å². The molecule has 3 aromatic heterocycles. The van der Waals surface area contributed by atoms with Crippen LogP contribution in [-0.2, 0) is 7.05 Å². The van der Waals surface area contributed by atoms with Gasteiger partial charge in [-0.05, 0) is 44.4 Å². The first kappa shape index (κ1) is 20.3. The van der Waals surface area contributed by atoms with E-state index in [9.17, 15) is 0 Å². The van der Waals surface area contributed by atoms with Crippen molar-refractivity contribution in [2.45, 2.75) is 50.2 Å². The zero-order chi connectivity index (χ0) is 22.4. The van der Waals surface area contributed by atoms with Gasteiger partial charge in [0.05, 0.1) is 18.4 Å². The van der Waals surface area contributed by atoms with Crippen molar-refractivity contribution in [2.75, 3.05) is 7.05 Å². The van der Waals surface area contributed by atoms with E-state index in [2.05, 4.69) is 50.0 Å². The smallest absolute Gasteiger partial charge is 0.159 e. The standard InChI is InChI=1S/C26H29N7/c1-31-16-21(14-29-31)18-5-3-6-19(9-18)26-27-12-20(13-28-26)22-15-30-33(17-22)25-10-23-7-4-8-24(11-25)32(23)2/h3,5-6,9,12-17,23-25H,4,7-8,10-11H2,1-2H3. The molecule has 2 bridgehead atoms. The van der Waals surface area contributed by atoms with Crippen molar-refractivity contribution in [3.05, 3.63) is 61.4 Å². The molecule has 4 aromatic rings. The number of fused-ring (bicyclic) bond motifs is 2. The Balaban J connectivity index is 1.21. The Morgan fingerprint density at radius 1 is 0.727 bits per heavy atom. The number of hydrogen-bond donors (Lipinski definition) is 0. The minimum atomic E-state index is 0.487. The van der Waals surface area contributed by atoms with Crippen molar-refractivity contribution in [1.29, 1.82) is 0 Å². The first-order chi connectivity index (χ1) is 16.1. The molecule has 0 saturated carbocycles. The SMILES string of the molecule is CN1C2CCCC1CC(n1cc(-c3cnc(-c4cccc(-c5cnn(C)c5)c4)nc3)cn1)C2. The lowest BCUT2D eigenvalue weighted by Gasteiger charge is -2.47. The summed E-state index contributed by atoms with van der Waals surface area (Å²) in [7, 11) is 4.22. The normalized spacial score (nSPS) is 23.0. The van der Waals surface area contributed by atoms with E-state index in [1.807, 2.05) is 54.8 Å². The molecule has 33 heavy (non-hydrogen) atoms. The monoisotopic (exact) mass is 439 g/mol. The van der Waals surface area contributed by atoms with Gasteiger partial charge in [0.2, 0.25) is 0 Å². The third-order valence-electron chi connectivity index (χ3n) is 7.43.